The van der Waals surface area contributed by atoms with Gasteiger partial charge in [-0.2, -0.15) is 0 Å². The molecule has 1 N–H and O–H groups in total. The fourth-order valence-corrected chi connectivity index (χ4v) is 4.54. The third-order valence-electron chi connectivity index (χ3n) is 5.12. The minimum atomic E-state index is -0.392. The number of fused-ring (bicyclic) bond motifs is 1. The molecule has 0 atom stereocenters. The first-order valence-electron chi connectivity index (χ1n) is 9.38. The first-order chi connectivity index (χ1) is 14.0. The molecule has 7 nitrogen and oxygen atoms in total. The maximum atomic E-state index is 13.9. The molecule has 0 saturated carbocycles. The molecule has 29 heavy (non-hydrogen) atoms. The number of nitrogens with one attached hydrogen (secondary N) is 1. The fraction of sp³-hybridized carbons (Fsp3) is 0.350. The van der Waals surface area contributed by atoms with E-state index in [1.54, 1.807) is 18.2 Å². The van der Waals surface area contributed by atoms with Crippen molar-refractivity contribution in [1.29, 1.82) is 0 Å². The summed E-state index contributed by atoms with van der Waals surface area (Å²) in [4.78, 5) is 17.4. The second-order valence-corrected chi connectivity index (χ2v) is 8.12. The number of nitro groups is 1. The number of anilines is 1. The average molecular weight is 416 g/mol. The van der Waals surface area contributed by atoms with E-state index < -0.39 is 4.92 Å². The number of rotatable bonds is 6. The predicted octanol–water partition coefficient (Wildman–Crippen LogP) is 4.43. The number of halogens is 1. The number of hydrogen-bond donors (Lipinski definition) is 1. The van der Waals surface area contributed by atoms with Crippen molar-refractivity contribution < 1.29 is 14.1 Å². The van der Waals surface area contributed by atoms with Crippen molar-refractivity contribution in [2.24, 2.45) is 0 Å². The third kappa shape index (κ3) is 4.46. The number of piperidine rings is 1. The number of non-ortho nitro benzene ring substituents is 1. The Balaban J connectivity index is 1.33. The Kier molecular flexibility index (Phi) is 5.59. The molecule has 0 spiro atoms. The Bertz CT molecular complexity index is 1030. The third-order valence-corrected chi connectivity index (χ3v) is 6.07. The summed E-state index contributed by atoms with van der Waals surface area (Å²) in [7, 11) is 1.46. The Morgan fingerprint density at radius 2 is 2.10 bits per heavy atom. The molecule has 2 aromatic carbocycles. The van der Waals surface area contributed by atoms with E-state index in [4.69, 9.17) is 4.74 Å². The van der Waals surface area contributed by atoms with Crippen molar-refractivity contribution in [1.82, 2.24) is 9.88 Å². The maximum Gasteiger partial charge on any atom is 0.270 e. The van der Waals surface area contributed by atoms with Crippen LogP contribution in [0.5, 0.6) is 5.75 Å². The number of nitro benzene ring substituents is 1. The number of aromatic nitrogens is 1. The first-order valence-corrected chi connectivity index (χ1v) is 10.2. The van der Waals surface area contributed by atoms with Gasteiger partial charge in [-0.25, -0.2) is 9.37 Å². The molecule has 1 fully saturated rings. The van der Waals surface area contributed by atoms with E-state index in [1.165, 1.54) is 30.6 Å². The summed E-state index contributed by atoms with van der Waals surface area (Å²) >= 11 is 1.44. The Morgan fingerprint density at radius 1 is 1.31 bits per heavy atom. The summed E-state index contributed by atoms with van der Waals surface area (Å²) in [6.07, 6.45) is 1.91. The average Bonchev–Trinajstić information content (AvgIpc) is 3.11. The van der Waals surface area contributed by atoms with Crippen LogP contribution in [0.2, 0.25) is 0 Å². The summed E-state index contributed by atoms with van der Waals surface area (Å²) in [5, 5.41) is 15.2. The van der Waals surface area contributed by atoms with Gasteiger partial charge >= 0.3 is 0 Å². The van der Waals surface area contributed by atoms with Crippen molar-refractivity contribution in [3.8, 4) is 5.75 Å². The van der Waals surface area contributed by atoms with Gasteiger partial charge in [-0.15, -0.1) is 0 Å². The molecule has 1 aliphatic rings. The lowest BCUT2D eigenvalue weighted by Gasteiger charge is -2.32. The lowest BCUT2D eigenvalue weighted by atomic mass is 10.0. The van der Waals surface area contributed by atoms with Crippen LogP contribution in [-0.2, 0) is 6.54 Å². The fourth-order valence-electron chi connectivity index (χ4n) is 3.57. The van der Waals surface area contributed by atoms with Crippen LogP contribution < -0.4 is 10.1 Å². The van der Waals surface area contributed by atoms with E-state index in [0.717, 1.165) is 46.8 Å². The quantitative estimate of drug-likeness (QED) is 0.473. The van der Waals surface area contributed by atoms with Gasteiger partial charge in [0.15, 0.2) is 16.7 Å². The lowest BCUT2D eigenvalue weighted by molar-refractivity contribution is -0.384. The highest BCUT2D eigenvalue weighted by molar-refractivity contribution is 7.22. The number of methoxy groups -OCH3 is 1. The van der Waals surface area contributed by atoms with Crippen molar-refractivity contribution in [3.63, 3.8) is 0 Å². The highest BCUT2D eigenvalue weighted by Crippen LogP contribution is 2.30. The zero-order valence-electron chi connectivity index (χ0n) is 15.9. The van der Waals surface area contributed by atoms with Crippen molar-refractivity contribution in [3.05, 3.63) is 57.9 Å². The number of nitrogens with zero attached hydrogens (tertiary/aromatic N) is 3. The van der Waals surface area contributed by atoms with Gasteiger partial charge in [0.1, 0.15) is 0 Å². The molecule has 0 aliphatic carbocycles. The molecule has 0 unspecified atom stereocenters. The molecule has 1 aromatic heterocycles. The first kappa shape index (κ1) is 19.5. The van der Waals surface area contributed by atoms with Crippen LogP contribution in [-0.4, -0.2) is 41.0 Å². The van der Waals surface area contributed by atoms with Crippen molar-refractivity contribution in [2.45, 2.75) is 25.4 Å². The van der Waals surface area contributed by atoms with E-state index >= 15 is 0 Å². The molecule has 0 amide bonds. The summed E-state index contributed by atoms with van der Waals surface area (Å²) in [5.74, 6) is -0.0737. The van der Waals surface area contributed by atoms with Crippen LogP contribution in [0.4, 0.5) is 15.2 Å². The standard InChI is InChI=1S/C20H21FN4O3S/c1-28-18-5-2-13(10-16(18)21)12-24-8-6-14(7-9-24)22-20-23-17-4-3-15(25(26)27)11-19(17)29-20/h2-5,10-11,14H,6-9,12H2,1H3,(H,22,23). The monoisotopic (exact) mass is 416 g/mol. The van der Waals surface area contributed by atoms with Crippen LogP contribution in [0.25, 0.3) is 10.2 Å². The van der Waals surface area contributed by atoms with E-state index in [0.29, 0.717) is 12.6 Å². The minimum Gasteiger partial charge on any atom is -0.494 e. The van der Waals surface area contributed by atoms with Crippen molar-refractivity contribution in [2.75, 3.05) is 25.5 Å². The summed E-state index contributed by atoms with van der Waals surface area (Å²) in [6, 6.07) is 10.1. The number of hydrogen-bond acceptors (Lipinski definition) is 7. The Morgan fingerprint density at radius 3 is 2.79 bits per heavy atom. The highest BCUT2D eigenvalue weighted by Gasteiger charge is 2.21. The number of benzene rings is 2. The molecule has 152 valence electrons. The van der Waals surface area contributed by atoms with Crippen LogP contribution >= 0.6 is 11.3 Å². The summed E-state index contributed by atoms with van der Waals surface area (Å²) in [6.45, 7) is 2.52. The van der Waals surface area contributed by atoms with Crippen LogP contribution in [0, 0.1) is 15.9 Å². The topological polar surface area (TPSA) is 80.5 Å². The molecule has 4 rings (SSSR count). The number of ether oxygens (including phenoxy) is 1. The largest absolute Gasteiger partial charge is 0.494 e. The zero-order chi connectivity index (χ0) is 20.4. The normalized spacial score (nSPS) is 15.5. The van der Waals surface area contributed by atoms with Crippen LogP contribution in [0.3, 0.4) is 0 Å². The Labute approximate surface area is 171 Å². The van der Waals surface area contributed by atoms with Gasteiger partial charge < -0.3 is 10.1 Å². The smallest absolute Gasteiger partial charge is 0.270 e. The number of thiazole rings is 1. The molecule has 1 saturated heterocycles. The molecule has 9 heteroatoms. The van der Waals surface area contributed by atoms with E-state index in [1.807, 2.05) is 6.07 Å². The molecule has 0 radical (unpaired) electrons. The zero-order valence-corrected chi connectivity index (χ0v) is 16.7. The van der Waals surface area contributed by atoms with E-state index in [2.05, 4.69) is 15.2 Å². The maximum absolute atomic E-state index is 13.9. The van der Waals surface area contributed by atoms with Gasteiger partial charge in [0, 0.05) is 37.8 Å². The van der Waals surface area contributed by atoms with Gasteiger partial charge in [-0.05, 0) is 36.6 Å². The van der Waals surface area contributed by atoms with Gasteiger partial charge in [0.05, 0.1) is 22.2 Å². The Hall–Kier alpha value is -2.78. The molecule has 2 heterocycles. The second kappa shape index (κ2) is 8.30. The lowest BCUT2D eigenvalue weighted by Crippen LogP contribution is -2.38. The van der Waals surface area contributed by atoms with Crippen LogP contribution in [0.15, 0.2) is 36.4 Å². The number of likely N-dealkylation sites (tertiary alicyclic amines) is 1. The van der Waals surface area contributed by atoms with Gasteiger partial charge in [-0.3, -0.25) is 15.0 Å². The molecule has 3 aromatic rings. The molecule has 1 aliphatic heterocycles. The van der Waals surface area contributed by atoms with Gasteiger partial charge in [0.25, 0.3) is 5.69 Å². The molecule has 0 bridgehead atoms. The summed E-state index contributed by atoms with van der Waals surface area (Å²) in [5.41, 5.74) is 1.78. The highest BCUT2D eigenvalue weighted by atomic mass is 32.1. The van der Waals surface area contributed by atoms with E-state index in [-0.39, 0.29) is 17.3 Å². The van der Waals surface area contributed by atoms with Crippen LogP contribution in [0.1, 0.15) is 18.4 Å². The molecular formula is C20H21FN4O3S. The van der Waals surface area contributed by atoms with Gasteiger partial charge in [-0.1, -0.05) is 17.4 Å². The SMILES string of the molecule is COc1ccc(CN2CCC(Nc3nc4ccc([N+](=O)[O-])cc4s3)CC2)cc1F. The molecular weight excluding hydrogens is 395 g/mol. The minimum absolute atomic E-state index is 0.0796. The second-order valence-electron chi connectivity index (χ2n) is 7.09. The summed E-state index contributed by atoms with van der Waals surface area (Å²) < 4.78 is 19.6. The van der Waals surface area contributed by atoms with E-state index in [9.17, 15) is 14.5 Å². The van der Waals surface area contributed by atoms with Gasteiger partial charge in [0.2, 0.25) is 0 Å². The van der Waals surface area contributed by atoms with Crippen molar-refractivity contribution >= 4 is 32.4 Å². The predicted molar refractivity (Wildman–Crippen MR) is 111 cm³/mol.